The predicted octanol–water partition coefficient (Wildman–Crippen LogP) is 0.218. The number of aryl methyl sites for hydroxylation is 1. The molecule has 1 aromatic heterocycles. The lowest BCUT2D eigenvalue weighted by Gasteiger charge is -1.76. The third kappa shape index (κ3) is 1.90. The highest BCUT2D eigenvalue weighted by Crippen LogP contribution is 1.74. The Morgan fingerprint density at radius 1 is 1.33 bits per heavy atom. The molecule has 0 unspecified atom stereocenters. The minimum absolute atomic E-state index is 0.479. The molecule has 4 heteroatoms. The molecule has 0 atom stereocenters. The van der Waals surface area contributed by atoms with Gasteiger partial charge in [0.25, 0.3) is 0 Å². The molecule has 0 aliphatic heterocycles. The summed E-state index contributed by atoms with van der Waals surface area (Å²) in [5, 5.41) is 1.03. The van der Waals surface area contributed by atoms with E-state index in [0.29, 0.717) is 16.5 Å². The second kappa shape index (κ2) is 3.99. The normalized spacial score (nSPS) is 14.2. The summed E-state index contributed by atoms with van der Waals surface area (Å²) in [6.45, 7) is 0.581. The number of hydrogen-bond acceptors (Lipinski definition) is 1. The molecule has 0 aliphatic carbocycles. The highest BCUT2D eigenvalue weighted by Gasteiger charge is 1.91. The average Bonchev–Trinajstić information content (AvgIpc) is 2.33. The molecule has 0 aromatic carbocycles. The van der Waals surface area contributed by atoms with Gasteiger partial charge in [-0.1, -0.05) is 0 Å². The van der Waals surface area contributed by atoms with Gasteiger partial charge in [0.1, 0.15) is 19.2 Å². The summed E-state index contributed by atoms with van der Waals surface area (Å²) in [6, 6.07) is 0. The predicted molar refractivity (Wildman–Crippen MR) is 43.5 cm³/mol. The summed E-state index contributed by atoms with van der Waals surface area (Å²) in [7, 11) is 0. The summed E-state index contributed by atoms with van der Waals surface area (Å²) in [5.74, 6) is 0.661. The Kier molecular flexibility index (Phi) is 2.96. The van der Waals surface area contributed by atoms with E-state index >= 15 is 0 Å². The summed E-state index contributed by atoms with van der Waals surface area (Å²) in [6.07, 6.45) is 2.65. The Morgan fingerprint density at radius 3 is 2.58 bits per heavy atom. The van der Waals surface area contributed by atoms with E-state index in [0.717, 1.165) is 0 Å². The summed E-state index contributed by atoms with van der Waals surface area (Å²) < 4.78 is 23.8. The molecule has 1 rings (SSSR count). The summed E-state index contributed by atoms with van der Waals surface area (Å²) in [4.78, 5) is 6.80. The van der Waals surface area contributed by atoms with E-state index in [1.54, 1.807) is 6.92 Å². The van der Waals surface area contributed by atoms with Crippen molar-refractivity contribution in [1.82, 2.24) is 9.97 Å². The Hall–Kier alpha value is -1.19. The van der Waals surface area contributed by atoms with E-state index in [9.17, 15) is 8.78 Å². The second-order valence-electron chi connectivity index (χ2n) is 2.34. The highest BCUT2D eigenvalue weighted by molar-refractivity contribution is 5.26. The first-order valence-corrected chi connectivity index (χ1v) is 3.63. The monoisotopic (exact) mass is 172 g/mol. The number of nitrogens with zero attached hydrogens (tertiary/aromatic N) is 1. The molecule has 0 saturated heterocycles. The minimum atomic E-state index is -0.586. The zero-order chi connectivity index (χ0) is 8.97. The van der Waals surface area contributed by atoms with Crippen molar-refractivity contribution >= 4 is 12.2 Å². The average molecular weight is 172 g/mol. The van der Waals surface area contributed by atoms with Crippen molar-refractivity contribution in [3.05, 3.63) is 16.5 Å². The Balaban J connectivity index is 3.27. The fourth-order valence-corrected chi connectivity index (χ4v) is 0.989. The zero-order valence-electron chi connectivity index (χ0n) is 6.77. The molecule has 1 heterocycles. The van der Waals surface area contributed by atoms with E-state index in [1.807, 2.05) is 0 Å². The van der Waals surface area contributed by atoms with E-state index in [4.69, 9.17) is 0 Å². The number of imidazole rings is 1. The largest absolute Gasteiger partial charge is 0.342 e. The van der Waals surface area contributed by atoms with Crippen LogP contribution >= 0.6 is 0 Å². The number of aromatic nitrogens is 2. The van der Waals surface area contributed by atoms with Crippen LogP contribution in [-0.2, 0) is 0 Å². The number of aromatic amines is 1. The number of nitrogens with one attached hydrogen (secondary N) is 1. The quantitative estimate of drug-likeness (QED) is 0.679. The third-order valence-corrected chi connectivity index (χ3v) is 1.43. The van der Waals surface area contributed by atoms with Crippen LogP contribution in [0.5, 0.6) is 0 Å². The molecule has 66 valence electrons. The van der Waals surface area contributed by atoms with Crippen molar-refractivity contribution in [2.45, 2.75) is 6.92 Å². The highest BCUT2D eigenvalue weighted by atomic mass is 19.1. The molecule has 12 heavy (non-hydrogen) atoms. The fraction of sp³-hybridized carbons (Fsp3) is 0.375. The fourth-order valence-electron chi connectivity index (χ4n) is 0.989. The number of rotatable bonds is 2. The van der Waals surface area contributed by atoms with Crippen molar-refractivity contribution in [2.24, 2.45) is 0 Å². The molecule has 0 bridgehead atoms. The zero-order valence-corrected chi connectivity index (χ0v) is 6.77. The molecule has 0 radical (unpaired) electrons. The first-order chi connectivity index (χ1) is 5.77. The topological polar surface area (TPSA) is 28.7 Å². The van der Waals surface area contributed by atoms with Crippen molar-refractivity contribution < 1.29 is 8.78 Å². The van der Waals surface area contributed by atoms with Crippen LogP contribution in [0.25, 0.3) is 12.2 Å². The van der Waals surface area contributed by atoms with Crippen LogP contribution in [0.1, 0.15) is 5.82 Å². The Labute approximate surface area is 68.6 Å². The van der Waals surface area contributed by atoms with Crippen molar-refractivity contribution in [3.8, 4) is 0 Å². The first-order valence-electron chi connectivity index (χ1n) is 3.63. The molecule has 2 nitrogen and oxygen atoms in total. The van der Waals surface area contributed by atoms with Crippen LogP contribution in [0.3, 0.4) is 0 Å². The van der Waals surface area contributed by atoms with Crippen molar-refractivity contribution in [3.63, 3.8) is 0 Å². The van der Waals surface area contributed by atoms with Crippen LogP contribution < -0.4 is 10.7 Å². The van der Waals surface area contributed by atoms with Gasteiger partial charge in [-0.3, -0.25) is 0 Å². The van der Waals surface area contributed by atoms with Gasteiger partial charge in [-0.2, -0.15) is 0 Å². The van der Waals surface area contributed by atoms with E-state index in [1.165, 1.54) is 12.2 Å². The number of halogens is 2. The van der Waals surface area contributed by atoms with Gasteiger partial charge in [-0.15, -0.1) is 0 Å². The summed E-state index contributed by atoms with van der Waals surface area (Å²) in [5.41, 5.74) is 0. The van der Waals surface area contributed by atoms with Gasteiger partial charge in [-0.25, -0.2) is 13.8 Å². The van der Waals surface area contributed by atoms with Crippen LogP contribution in [0.2, 0.25) is 0 Å². The molecule has 0 saturated carbocycles. The standard InChI is InChI=1S/C8H10F2N2/c1-6-11-7(2-4-9)8(12-6)3-5-10/h2-3H,4-5H2,1H3,(H,11,12)/b7-2+,8-3+. The Bertz CT molecular complexity index is 320. The maximum Gasteiger partial charge on any atom is 0.110 e. The van der Waals surface area contributed by atoms with Gasteiger partial charge >= 0.3 is 0 Å². The van der Waals surface area contributed by atoms with Crippen LogP contribution in [-0.4, -0.2) is 23.3 Å². The lowest BCUT2D eigenvalue weighted by atomic mass is 10.4. The lowest BCUT2D eigenvalue weighted by Crippen LogP contribution is -2.24. The molecule has 1 aromatic rings. The molecule has 0 amide bonds. The van der Waals surface area contributed by atoms with Gasteiger partial charge in [-0.05, 0) is 19.1 Å². The van der Waals surface area contributed by atoms with E-state index < -0.39 is 13.3 Å². The van der Waals surface area contributed by atoms with Crippen LogP contribution in [0, 0.1) is 6.92 Å². The van der Waals surface area contributed by atoms with Crippen LogP contribution in [0.15, 0.2) is 0 Å². The van der Waals surface area contributed by atoms with Crippen LogP contribution in [0.4, 0.5) is 8.78 Å². The van der Waals surface area contributed by atoms with Crippen molar-refractivity contribution in [2.75, 3.05) is 13.3 Å². The lowest BCUT2D eigenvalue weighted by molar-refractivity contribution is 0.576. The molecular formula is C8H10F2N2. The Morgan fingerprint density at radius 2 is 2.00 bits per heavy atom. The molecule has 0 aliphatic rings. The number of alkyl halides is 2. The number of H-pyrrole nitrogens is 1. The smallest absolute Gasteiger partial charge is 0.110 e. The molecule has 0 fully saturated rings. The second-order valence-corrected chi connectivity index (χ2v) is 2.34. The van der Waals surface area contributed by atoms with E-state index in [-0.39, 0.29) is 0 Å². The number of hydrogen-bond donors (Lipinski definition) is 1. The first kappa shape index (κ1) is 8.90. The molecule has 1 N–H and O–H groups in total. The maximum absolute atomic E-state index is 11.9. The molecular weight excluding hydrogens is 162 g/mol. The van der Waals surface area contributed by atoms with Gasteiger partial charge in [0, 0.05) is 0 Å². The minimum Gasteiger partial charge on any atom is -0.342 e. The van der Waals surface area contributed by atoms with Crippen molar-refractivity contribution in [1.29, 1.82) is 0 Å². The van der Waals surface area contributed by atoms with Gasteiger partial charge in [0.2, 0.25) is 0 Å². The van der Waals surface area contributed by atoms with Gasteiger partial charge < -0.3 is 4.98 Å². The SMILES string of the molecule is Cc1nc(=C/CF)/c(=C\CF)[nH]1. The third-order valence-electron chi connectivity index (χ3n) is 1.43. The van der Waals surface area contributed by atoms with Gasteiger partial charge in [0.05, 0.1) is 10.7 Å². The molecule has 0 spiro atoms. The van der Waals surface area contributed by atoms with E-state index in [2.05, 4.69) is 9.97 Å². The summed E-state index contributed by atoms with van der Waals surface area (Å²) >= 11 is 0. The maximum atomic E-state index is 11.9. The van der Waals surface area contributed by atoms with Gasteiger partial charge in [0.15, 0.2) is 0 Å².